The van der Waals surface area contributed by atoms with E-state index in [1.807, 2.05) is 6.07 Å². The molecule has 50 heavy (non-hydrogen) atoms. The van der Waals surface area contributed by atoms with Crippen molar-refractivity contribution in [2.75, 3.05) is 0 Å². The molecule has 0 saturated carbocycles. The molecule has 0 saturated heterocycles. The van der Waals surface area contributed by atoms with Gasteiger partial charge in [-0.3, -0.25) is 0 Å². The SMILES string of the molecule is C1=CC2=C(C3=Cc4oc5ccccc5c4CC3)N=C(c3ccc(-n4c5ccc6ccccc6c5c5c6ccccc6ccc54)cc3)NC2C=C1. The Morgan fingerprint density at radius 1 is 0.660 bits per heavy atom. The summed E-state index contributed by atoms with van der Waals surface area (Å²) in [4.78, 5) is 5.33. The standard InChI is InChI=1S/C46H31N3O/c1-3-11-33-28(9-1)20-25-39-43(33)44-34-12-4-2-10-29(34)21-26-40(44)49(39)32-22-17-30(18-23-32)46-47-38-15-7-5-14-37(38)45(48-46)31-19-24-36-35-13-6-8-16-41(35)50-42(36)27-31/h1-18,20-23,25-27,38H,19,24H2,(H,47,48). The zero-order valence-corrected chi connectivity index (χ0v) is 27.2. The van der Waals surface area contributed by atoms with Crippen LogP contribution in [-0.4, -0.2) is 16.4 Å². The number of aryl methyl sites for hydroxylation is 1. The number of allylic oxidation sites excluding steroid dienone is 3. The maximum atomic E-state index is 6.32. The van der Waals surface area contributed by atoms with Crippen LogP contribution in [-0.2, 0) is 6.42 Å². The number of hydrogen-bond donors (Lipinski definition) is 1. The highest BCUT2D eigenvalue weighted by molar-refractivity contribution is 6.28. The van der Waals surface area contributed by atoms with Crippen molar-refractivity contribution in [1.29, 1.82) is 0 Å². The molecule has 6 aromatic carbocycles. The first-order chi connectivity index (χ1) is 24.8. The van der Waals surface area contributed by atoms with Crippen LogP contribution in [0.3, 0.4) is 0 Å². The highest BCUT2D eigenvalue weighted by atomic mass is 16.3. The number of aromatic nitrogens is 1. The zero-order valence-electron chi connectivity index (χ0n) is 27.2. The van der Waals surface area contributed by atoms with Crippen LogP contribution in [0.1, 0.15) is 23.3 Å². The summed E-state index contributed by atoms with van der Waals surface area (Å²) < 4.78 is 8.73. The largest absolute Gasteiger partial charge is 0.456 e. The smallest absolute Gasteiger partial charge is 0.135 e. The average Bonchev–Trinajstić information content (AvgIpc) is 3.73. The molecule has 0 bridgehead atoms. The van der Waals surface area contributed by atoms with E-state index >= 15 is 0 Å². The van der Waals surface area contributed by atoms with E-state index in [1.165, 1.54) is 65.4 Å². The second-order valence-corrected chi connectivity index (χ2v) is 13.5. The Morgan fingerprint density at radius 2 is 1.34 bits per heavy atom. The van der Waals surface area contributed by atoms with Crippen molar-refractivity contribution in [2.24, 2.45) is 4.99 Å². The predicted molar refractivity (Wildman–Crippen MR) is 207 cm³/mol. The topological polar surface area (TPSA) is 42.5 Å². The zero-order chi connectivity index (χ0) is 32.8. The van der Waals surface area contributed by atoms with E-state index in [2.05, 4.69) is 156 Å². The van der Waals surface area contributed by atoms with Crippen molar-refractivity contribution in [3.8, 4) is 5.69 Å². The number of fused-ring (bicyclic) bond motifs is 11. The van der Waals surface area contributed by atoms with E-state index in [9.17, 15) is 0 Å². The normalized spacial score (nSPS) is 17.0. The molecule has 0 spiro atoms. The van der Waals surface area contributed by atoms with Crippen LogP contribution >= 0.6 is 0 Å². The van der Waals surface area contributed by atoms with Crippen LogP contribution in [0, 0.1) is 0 Å². The Labute approximate surface area is 288 Å². The third kappa shape index (κ3) is 4.02. The number of para-hydroxylation sites is 1. The summed E-state index contributed by atoms with van der Waals surface area (Å²) in [5.74, 6) is 1.84. The second kappa shape index (κ2) is 10.6. The lowest BCUT2D eigenvalue weighted by atomic mass is 9.88. The number of furan rings is 1. The van der Waals surface area contributed by atoms with Crippen molar-refractivity contribution in [3.63, 3.8) is 0 Å². The molecule has 1 atom stereocenters. The molecule has 0 radical (unpaired) electrons. The molecule has 11 rings (SSSR count). The van der Waals surface area contributed by atoms with Crippen LogP contribution < -0.4 is 5.32 Å². The van der Waals surface area contributed by atoms with Gasteiger partial charge in [0, 0.05) is 38.5 Å². The van der Waals surface area contributed by atoms with Gasteiger partial charge in [0.15, 0.2) is 0 Å². The van der Waals surface area contributed by atoms with Gasteiger partial charge in [0.05, 0.1) is 22.8 Å². The summed E-state index contributed by atoms with van der Waals surface area (Å²) in [6, 6.07) is 43.8. The van der Waals surface area contributed by atoms with Gasteiger partial charge >= 0.3 is 0 Å². The van der Waals surface area contributed by atoms with Gasteiger partial charge in [0.1, 0.15) is 17.2 Å². The number of hydrogen-bond acceptors (Lipinski definition) is 3. The number of rotatable bonds is 3. The van der Waals surface area contributed by atoms with Gasteiger partial charge < -0.3 is 14.3 Å². The lowest BCUT2D eigenvalue weighted by Crippen LogP contribution is -2.39. The molecular weight excluding hydrogens is 611 g/mol. The van der Waals surface area contributed by atoms with Crippen molar-refractivity contribution in [1.82, 2.24) is 9.88 Å². The fourth-order valence-electron chi connectivity index (χ4n) is 8.42. The third-order valence-corrected chi connectivity index (χ3v) is 10.7. The minimum atomic E-state index is 0.0547. The van der Waals surface area contributed by atoms with Gasteiger partial charge in [-0.15, -0.1) is 0 Å². The van der Waals surface area contributed by atoms with Crippen molar-refractivity contribution < 1.29 is 4.42 Å². The highest BCUT2D eigenvalue weighted by Crippen LogP contribution is 2.41. The maximum Gasteiger partial charge on any atom is 0.135 e. The Bertz CT molecular complexity index is 2800. The Balaban J connectivity index is 1.05. The number of nitrogens with one attached hydrogen (secondary N) is 1. The van der Waals surface area contributed by atoms with E-state index in [1.54, 1.807) is 0 Å². The first kappa shape index (κ1) is 27.5. The van der Waals surface area contributed by atoms with Gasteiger partial charge in [-0.25, -0.2) is 4.99 Å². The number of amidine groups is 1. The first-order valence-corrected chi connectivity index (χ1v) is 17.4. The molecule has 2 aromatic heterocycles. The molecule has 3 heterocycles. The van der Waals surface area contributed by atoms with Crippen LogP contribution in [0.2, 0.25) is 0 Å². The molecular formula is C46H31N3O. The quantitative estimate of drug-likeness (QED) is 0.209. The molecule has 4 nitrogen and oxygen atoms in total. The van der Waals surface area contributed by atoms with Gasteiger partial charge in [0.25, 0.3) is 0 Å². The number of aliphatic imine (C=N–C) groups is 1. The van der Waals surface area contributed by atoms with Gasteiger partial charge in [-0.1, -0.05) is 103 Å². The molecule has 1 N–H and O–H groups in total. The molecule has 1 aliphatic heterocycles. The molecule has 8 aromatic rings. The lowest BCUT2D eigenvalue weighted by molar-refractivity contribution is 0.593. The maximum absolute atomic E-state index is 6.32. The summed E-state index contributed by atoms with van der Waals surface area (Å²) in [6.07, 6.45) is 12.7. The fourth-order valence-corrected chi connectivity index (χ4v) is 8.42. The van der Waals surface area contributed by atoms with Gasteiger partial charge in [0.2, 0.25) is 0 Å². The Kier molecular flexibility index (Phi) is 5.81. The van der Waals surface area contributed by atoms with Crippen molar-refractivity contribution in [2.45, 2.75) is 18.9 Å². The third-order valence-electron chi connectivity index (χ3n) is 10.7. The highest BCUT2D eigenvalue weighted by Gasteiger charge is 2.28. The first-order valence-electron chi connectivity index (χ1n) is 17.4. The fraction of sp³-hybridized carbons (Fsp3) is 0.0652. The summed E-state index contributed by atoms with van der Waals surface area (Å²) in [5, 5.41) is 12.6. The molecule has 236 valence electrons. The number of nitrogens with zero attached hydrogens (tertiary/aromatic N) is 2. The monoisotopic (exact) mass is 641 g/mol. The van der Waals surface area contributed by atoms with Crippen LogP contribution in [0.15, 0.2) is 172 Å². The Morgan fingerprint density at radius 3 is 2.08 bits per heavy atom. The van der Waals surface area contributed by atoms with Crippen LogP contribution in [0.25, 0.3) is 66.1 Å². The van der Waals surface area contributed by atoms with Crippen LogP contribution in [0.5, 0.6) is 0 Å². The summed E-state index contributed by atoms with van der Waals surface area (Å²) in [6.45, 7) is 0. The minimum absolute atomic E-state index is 0.0547. The second-order valence-electron chi connectivity index (χ2n) is 13.5. The molecule has 1 unspecified atom stereocenters. The van der Waals surface area contributed by atoms with E-state index in [0.29, 0.717) is 0 Å². The number of benzene rings is 6. The molecule has 4 heteroatoms. The van der Waals surface area contributed by atoms with E-state index in [-0.39, 0.29) is 6.04 Å². The van der Waals surface area contributed by atoms with Gasteiger partial charge in [-0.05, 0) is 88.5 Å². The molecule has 3 aliphatic rings. The summed E-state index contributed by atoms with van der Waals surface area (Å²) in [5.41, 5.74) is 10.3. The molecule has 2 aliphatic carbocycles. The predicted octanol–water partition coefficient (Wildman–Crippen LogP) is 11.0. The van der Waals surface area contributed by atoms with E-state index < -0.39 is 0 Å². The molecule has 0 fully saturated rings. The Hall–Kier alpha value is -6.39. The van der Waals surface area contributed by atoms with E-state index in [0.717, 1.165) is 47.0 Å². The van der Waals surface area contributed by atoms with Gasteiger partial charge in [-0.2, -0.15) is 0 Å². The van der Waals surface area contributed by atoms with E-state index in [4.69, 9.17) is 9.41 Å². The minimum Gasteiger partial charge on any atom is -0.456 e. The van der Waals surface area contributed by atoms with Crippen molar-refractivity contribution >= 4 is 66.2 Å². The summed E-state index contributed by atoms with van der Waals surface area (Å²) in [7, 11) is 0. The van der Waals surface area contributed by atoms with Crippen molar-refractivity contribution in [3.05, 3.63) is 179 Å². The summed E-state index contributed by atoms with van der Waals surface area (Å²) >= 11 is 0. The van der Waals surface area contributed by atoms with Crippen LogP contribution in [0.4, 0.5) is 0 Å². The lowest BCUT2D eigenvalue weighted by Gasteiger charge is -2.29. The molecule has 0 amide bonds. The average molecular weight is 642 g/mol.